The van der Waals surface area contributed by atoms with E-state index in [2.05, 4.69) is 26.1 Å². The van der Waals surface area contributed by atoms with E-state index in [-0.39, 0.29) is 6.61 Å². The summed E-state index contributed by atoms with van der Waals surface area (Å²) < 4.78 is 0.987. The predicted molar refractivity (Wildman–Crippen MR) is 41.7 cm³/mol. The summed E-state index contributed by atoms with van der Waals surface area (Å²) in [5.74, 6) is 0. The van der Waals surface area contributed by atoms with Crippen LogP contribution in [0.2, 0.25) is 0 Å². The fraction of sp³-hybridized carbons (Fsp3) is 0.500. The van der Waals surface area contributed by atoms with Gasteiger partial charge in [0.15, 0.2) is 0 Å². The maximum absolute atomic E-state index is 8.51. The lowest BCUT2D eigenvalue weighted by molar-refractivity contribution is 0.288. The van der Waals surface area contributed by atoms with E-state index in [1.807, 2.05) is 0 Å². The number of aliphatic hydroxyl groups excluding tert-OH is 1. The standard InChI is InChI=1S/C6H9BrN2O/c7-5-4-8-9-6(5)2-1-3-10/h4,10H,1-3H2,(H,8,9). The average molecular weight is 205 g/mol. The van der Waals surface area contributed by atoms with Gasteiger partial charge in [0, 0.05) is 12.3 Å². The Hall–Kier alpha value is -0.350. The van der Waals surface area contributed by atoms with Crippen LogP contribution in [0.25, 0.3) is 0 Å². The van der Waals surface area contributed by atoms with Crippen LogP contribution in [-0.2, 0) is 6.42 Å². The highest BCUT2D eigenvalue weighted by Crippen LogP contribution is 2.13. The van der Waals surface area contributed by atoms with Crippen LogP contribution >= 0.6 is 15.9 Å². The molecule has 0 bridgehead atoms. The number of H-pyrrole nitrogens is 1. The normalized spacial score (nSPS) is 10.2. The number of aromatic amines is 1. The highest BCUT2D eigenvalue weighted by Gasteiger charge is 1.99. The largest absolute Gasteiger partial charge is 0.396 e. The van der Waals surface area contributed by atoms with Crippen molar-refractivity contribution in [2.75, 3.05) is 6.61 Å². The molecule has 0 amide bonds. The van der Waals surface area contributed by atoms with E-state index in [9.17, 15) is 0 Å². The van der Waals surface area contributed by atoms with E-state index in [0.717, 1.165) is 23.0 Å². The topological polar surface area (TPSA) is 48.9 Å². The number of hydrogen-bond donors (Lipinski definition) is 2. The van der Waals surface area contributed by atoms with Gasteiger partial charge in [-0.25, -0.2) is 0 Å². The minimum absolute atomic E-state index is 0.228. The first-order valence-corrected chi connectivity index (χ1v) is 3.92. The smallest absolute Gasteiger partial charge is 0.0632 e. The Morgan fingerprint density at radius 1 is 1.70 bits per heavy atom. The molecule has 0 aliphatic carbocycles. The van der Waals surface area contributed by atoms with Crippen LogP contribution in [0.1, 0.15) is 12.1 Å². The first-order valence-electron chi connectivity index (χ1n) is 3.13. The lowest BCUT2D eigenvalue weighted by atomic mass is 10.2. The molecule has 0 fully saturated rings. The zero-order valence-corrected chi connectivity index (χ0v) is 7.06. The minimum atomic E-state index is 0.228. The summed E-state index contributed by atoms with van der Waals surface area (Å²) in [5.41, 5.74) is 1.05. The summed E-state index contributed by atoms with van der Waals surface area (Å²) in [5, 5.41) is 15.2. The Morgan fingerprint density at radius 2 is 2.50 bits per heavy atom. The molecule has 0 aliphatic heterocycles. The molecule has 1 rings (SSSR count). The van der Waals surface area contributed by atoms with Gasteiger partial charge in [-0.2, -0.15) is 5.10 Å². The van der Waals surface area contributed by atoms with Crippen molar-refractivity contribution in [2.24, 2.45) is 0 Å². The van der Waals surface area contributed by atoms with Crippen molar-refractivity contribution in [1.29, 1.82) is 0 Å². The van der Waals surface area contributed by atoms with Crippen LogP contribution in [0, 0.1) is 0 Å². The average Bonchev–Trinajstić information content (AvgIpc) is 2.31. The summed E-state index contributed by atoms with van der Waals surface area (Å²) in [6, 6.07) is 0. The number of halogens is 1. The third kappa shape index (κ3) is 1.82. The SMILES string of the molecule is OCCCc1[nH]ncc1Br. The number of aryl methyl sites for hydroxylation is 1. The molecule has 0 saturated heterocycles. The molecular weight excluding hydrogens is 196 g/mol. The molecule has 0 radical (unpaired) electrons. The molecule has 3 nitrogen and oxygen atoms in total. The zero-order chi connectivity index (χ0) is 7.40. The lowest BCUT2D eigenvalue weighted by Gasteiger charge is -1.93. The fourth-order valence-corrected chi connectivity index (χ4v) is 1.12. The van der Waals surface area contributed by atoms with Gasteiger partial charge < -0.3 is 5.11 Å². The number of hydrogen-bond acceptors (Lipinski definition) is 2. The van der Waals surface area contributed by atoms with Crippen LogP contribution < -0.4 is 0 Å². The summed E-state index contributed by atoms with van der Waals surface area (Å²) >= 11 is 3.32. The molecular formula is C6H9BrN2O. The van der Waals surface area contributed by atoms with Gasteiger partial charge in [0.05, 0.1) is 10.7 Å². The van der Waals surface area contributed by atoms with Crippen molar-refractivity contribution in [3.05, 3.63) is 16.4 Å². The van der Waals surface area contributed by atoms with Gasteiger partial charge in [-0.05, 0) is 28.8 Å². The monoisotopic (exact) mass is 204 g/mol. The maximum Gasteiger partial charge on any atom is 0.0632 e. The van der Waals surface area contributed by atoms with Gasteiger partial charge in [-0.15, -0.1) is 0 Å². The van der Waals surface area contributed by atoms with Gasteiger partial charge in [-0.1, -0.05) is 0 Å². The Bertz CT molecular complexity index is 199. The second-order valence-corrected chi connectivity index (χ2v) is 2.88. The highest BCUT2D eigenvalue weighted by atomic mass is 79.9. The van der Waals surface area contributed by atoms with E-state index in [1.54, 1.807) is 6.20 Å². The van der Waals surface area contributed by atoms with Crippen molar-refractivity contribution in [2.45, 2.75) is 12.8 Å². The van der Waals surface area contributed by atoms with Gasteiger partial charge in [-0.3, -0.25) is 5.10 Å². The molecule has 1 aromatic heterocycles. The first-order chi connectivity index (χ1) is 4.84. The molecule has 0 aromatic carbocycles. The highest BCUT2D eigenvalue weighted by molar-refractivity contribution is 9.10. The molecule has 0 spiro atoms. The zero-order valence-electron chi connectivity index (χ0n) is 5.47. The van der Waals surface area contributed by atoms with E-state index in [1.165, 1.54) is 0 Å². The van der Waals surface area contributed by atoms with Gasteiger partial charge in [0.1, 0.15) is 0 Å². The molecule has 10 heavy (non-hydrogen) atoms. The fourth-order valence-electron chi connectivity index (χ4n) is 0.729. The summed E-state index contributed by atoms with van der Waals surface area (Å²) in [4.78, 5) is 0. The second-order valence-electron chi connectivity index (χ2n) is 2.02. The van der Waals surface area contributed by atoms with Crippen LogP contribution in [0.5, 0.6) is 0 Å². The Balaban J connectivity index is 2.49. The number of rotatable bonds is 3. The molecule has 1 heterocycles. The van der Waals surface area contributed by atoms with Crippen molar-refractivity contribution >= 4 is 15.9 Å². The third-order valence-electron chi connectivity index (χ3n) is 1.25. The summed E-state index contributed by atoms with van der Waals surface area (Å²) in [6.45, 7) is 0.228. The molecule has 0 aliphatic rings. The van der Waals surface area contributed by atoms with Gasteiger partial charge in [0.2, 0.25) is 0 Å². The Labute approximate surface area is 67.6 Å². The third-order valence-corrected chi connectivity index (χ3v) is 1.93. The van der Waals surface area contributed by atoms with Crippen molar-refractivity contribution < 1.29 is 5.11 Å². The quantitative estimate of drug-likeness (QED) is 0.776. The number of aliphatic hydroxyl groups is 1. The van der Waals surface area contributed by atoms with E-state index in [4.69, 9.17) is 5.11 Å². The minimum Gasteiger partial charge on any atom is -0.396 e. The van der Waals surface area contributed by atoms with Crippen molar-refractivity contribution in [3.8, 4) is 0 Å². The van der Waals surface area contributed by atoms with Gasteiger partial charge >= 0.3 is 0 Å². The molecule has 0 saturated carbocycles. The van der Waals surface area contributed by atoms with Crippen LogP contribution in [-0.4, -0.2) is 21.9 Å². The summed E-state index contributed by atoms with van der Waals surface area (Å²) in [7, 11) is 0. The summed E-state index contributed by atoms with van der Waals surface area (Å²) in [6.07, 6.45) is 3.34. The molecule has 56 valence electrons. The second kappa shape index (κ2) is 3.73. The van der Waals surface area contributed by atoms with Crippen molar-refractivity contribution in [1.82, 2.24) is 10.2 Å². The van der Waals surface area contributed by atoms with Crippen LogP contribution in [0.4, 0.5) is 0 Å². The number of aromatic nitrogens is 2. The molecule has 0 atom stereocenters. The van der Waals surface area contributed by atoms with Crippen molar-refractivity contribution in [3.63, 3.8) is 0 Å². The Morgan fingerprint density at radius 3 is 3.00 bits per heavy atom. The van der Waals surface area contributed by atoms with Crippen LogP contribution in [0.3, 0.4) is 0 Å². The van der Waals surface area contributed by atoms with Crippen LogP contribution in [0.15, 0.2) is 10.7 Å². The molecule has 4 heteroatoms. The predicted octanol–water partition coefficient (Wildman–Crippen LogP) is 1.10. The maximum atomic E-state index is 8.51. The molecule has 2 N–H and O–H groups in total. The molecule has 0 unspecified atom stereocenters. The number of nitrogens with zero attached hydrogens (tertiary/aromatic N) is 1. The lowest BCUT2D eigenvalue weighted by Crippen LogP contribution is -1.90. The van der Waals surface area contributed by atoms with E-state index < -0.39 is 0 Å². The molecule has 1 aromatic rings. The first kappa shape index (κ1) is 7.75. The number of nitrogens with one attached hydrogen (secondary N) is 1. The Kier molecular flexibility index (Phi) is 2.89. The van der Waals surface area contributed by atoms with E-state index in [0.29, 0.717) is 0 Å². The van der Waals surface area contributed by atoms with Gasteiger partial charge in [0.25, 0.3) is 0 Å². The van der Waals surface area contributed by atoms with E-state index >= 15 is 0 Å².